The topological polar surface area (TPSA) is 34.4 Å². The molecule has 1 aliphatic rings. The van der Waals surface area contributed by atoms with Crippen LogP contribution in [-0.2, 0) is 11.2 Å². The van der Waals surface area contributed by atoms with Crippen molar-refractivity contribution in [2.24, 2.45) is 0 Å². The fourth-order valence-corrected chi connectivity index (χ4v) is 2.80. The largest absolute Gasteiger partial charge is 0.464 e. The Bertz CT molecular complexity index is 376. The van der Waals surface area contributed by atoms with Crippen molar-refractivity contribution in [3.05, 3.63) is 23.7 Å². The maximum absolute atomic E-state index is 5.93. The number of aryl methyl sites for hydroxylation is 1. The minimum absolute atomic E-state index is 0.0740. The van der Waals surface area contributed by atoms with Crippen molar-refractivity contribution in [2.45, 2.75) is 64.0 Å². The second-order valence-corrected chi connectivity index (χ2v) is 5.61. The lowest BCUT2D eigenvalue weighted by Gasteiger charge is -2.42. The van der Waals surface area contributed by atoms with Crippen LogP contribution in [0.3, 0.4) is 0 Å². The van der Waals surface area contributed by atoms with E-state index in [1.807, 2.05) is 7.11 Å². The molecular formula is C16H27NO2. The maximum atomic E-state index is 5.93. The number of furan rings is 1. The highest BCUT2D eigenvalue weighted by atomic mass is 16.5. The molecule has 3 heteroatoms. The van der Waals surface area contributed by atoms with E-state index >= 15 is 0 Å². The molecule has 1 atom stereocenters. The van der Waals surface area contributed by atoms with Crippen LogP contribution in [0.5, 0.6) is 0 Å². The lowest BCUT2D eigenvalue weighted by molar-refractivity contribution is -0.0849. The molecule has 0 amide bonds. The van der Waals surface area contributed by atoms with Gasteiger partial charge in [-0.2, -0.15) is 0 Å². The Morgan fingerprint density at radius 2 is 2.16 bits per heavy atom. The van der Waals surface area contributed by atoms with Gasteiger partial charge in [0.25, 0.3) is 0 Å². The van der Waals surface area contributed by atoms with Gasteiger partial charge in [-0.3, -0.25) is 0 Å². The van der Waals surface area contributed by atoms with Crippen LogP contribution in [0.15, 0.2) is 16.5 Å². The van der Waals surface area contributed by atoms with E-state index in [1.165, 1.54) is 19.3 Å². The monoisotopic (exact) mass is 265 g/mol. The van der Waals surface area contributed by atoms with Crippen molar-refractivity contribution in [1.82, 2.24) is 5.32 Å². The third-order valence-electron chi connectivity index (χ3n) is 4.29. The number of rotatable bonds is 8. The molecule has 2 rings (SSSR count). The molecule has 0 saturated heterocycles. The molecule has 1 unspecified atom stereocenters. The summed E-state index contributed by atoms with van der Waals surface area (Å²) in [6.07, 6.45) is 6.74. The van der Waals surface area contributed by atoms with E-state index in [0.29, 0.717) is 0 Å². The average Bonchev–Trinajstić information content (AvgIpc) is 2.86. The highest BCUT2D eigenvalue weighted by Gasteiger charge is 2.39. The second kappa shape index (κ2) is 6.58. The summed E-state index contributed by atoms with van der Waals surface area (Å²) in [5.41, 5.74) is 0.0740. The Labute approximate surface area is 116 Å². The summed E-state index contributed by atoms with van der Waals surface area (Å²) >= 11 is 0. The molecule has 3 nitrogen and oxygen atoms in total. The van der Waals surface area contributed by atoms with Gasteiger partial charge in [-0.25, -0.2) is 0 Å². The molecule has 0 radical (unpaired) electrons. The van der Waals surface area contributed by atoms with Gasteiger partial charge >= 0.3 is 0 Å². The molecule has 108 valence electrons. The van der Waals surface area contributed by atoms with Gasteiger partial charge in [-0.15, -0.1) is 0 Å². The Hall–Kier alpha value is -0.800. The van der Waals surface area contributed by atoms with Crippen LogP contribution in [0.25, 0.3) is 0 Å². The number of ether oxygens (including phenoxy) is 1. The van der Waals surface area contributed by atoms with Crippen LogP contribution in [-0.4, -0.2) is 19.3 Å². The van der Waals surface area contributed by atoms with Gasteiger partial charge < -0.3 is 14.5 Å². The molecule has 0 aromatic carbocycles. The third-order valence-corrected chi connectivity index (χ3v) is 4.29. The van der Waals surface area contributed by atoms with Crippen molar-refractivity contribution in [3.8, 4) is 0 Å². The normalized spacial score (nSPS) is 19.1. The van der Waals surface area contributed by atoms with Crippen LogP contribution in [0.2, 0.25) is 0 Å². The molecule has 1 aliphatic carbocycles. The number of methoxy groups -OCH3 is 1. The van der Waals surface area contributed by atoms with E-state index in [9.17, 15) is 0 Å². The summed E-state index contributed by atoms with van der Waals surface area (Å²) in [7, 11) is 1.84. The molecule has 1 aromatic heterocycles. The highest BCUT2D eigenvalue weighted by Crippen LogP contribution is 2.42. The molecule has 1 aromatic rings. The lowest BCUT2D eigenvalue weighted by Crippen LogP contribution is -2.42. The fourth-order valence-electron chi connectivity index (χ4n) is 2.80. The molecule has 19 heavy (non-hydrogen) atoms. The Morgan fingerprint density at radius 1 is 1.37 bits per heavy atom. The fraction of sp³-hybridized carbons (Fsp3) is 0.750. The molecule has 0 spiro atoms. The zero-order chi connectivity index (χ0) is 13.7. The summed E-state index contributed by atoms with van der Waals surface area (Å²) in [5.74, 6) is 2.13. The smallest absolute Gasteiger partial charge is 0.121 e. The zero-order valence-electron chi connectivity index (χ0n) is 12.5. The van der Waals surface area contributed by atoms with Crippen molar-refractivity contribution >= 4 is 0 Å². The lowest BCUT2D eigenvalue weighted by atomic mass is 9.75. The predicted molar refractivity (Wildman–Crippen MR) is 77.3 cm³/mol. The van der Waals surface area contributed by atoms with E-state index in [0.717, 1.165) is 37.3 Å². The molecule has 1 heterocycles. The summed E-state index contributed by atoms with van der Waals surface area (Å²) in [6.45, 7) is 5.34. The van der Waals surface area contributed by atoms with Crippen LogP contribution in [0, 0.1) is 0 Å². The van der Waals surface area contributed by atoms with Gasteiger partial charge in [0.2, 0.25) is 0 Å². The molecule has 0 aliphatic heterocycles. The van der Waals surface area contributed by atoms with E-state index in [4.69, 9.17) is 9.15 Å². The molecular weight excluding hydrogens is 238 g/mol. The van der Waals surface area contributed by atoms with Crippen molar-refractivity contribution in [2.75, 3.05) is 13.7 Å². The predicted octanol–water partition coefficient (Wildman–Crippen LogP) is 3.84. The van der Waals surface area contributed by atoms with Gasteiger partial charge in [-0.1, -0.05) is 13.8 Å². The Balaban J connectivity index is 2.06. The van der Waals surface area contributed by atoms with Crippen molar-refractivity contribution in [1.29, 1.82) is 0 Å². The van der Waals surface area contributed by atoms with Crippen LogP contribution < -0.4 is 5.32 Å². The summed E-state index contributed by atoms with van der Waals surface area (Å²) in [6, 6.07) is 4.49. The number of hydrogen-bond acceptors (Lipinski definition) is 3. The highest BCUT2D eigenvalue weighted by molar-refractivity contribution is 5.12. The van der Waals surface area contributed by atoms with Crippen molar-refractivity contribution < 1.29 is 9.15 Å². The summed E-state index contributed by atoms with van der Waals surface area (Å²) < 4.78 is 11.7. The standard InChI is InChI=1S/C16H27NO2/c1-4-11-17-14(12-16(18-3)9-6-10-16)15-8-7-13(5-2)19-15/h7-8,14,17H,4-6,9-12H2,1-3H3. The van der Waals surface area contributed by atoms with Crippen molar-refractivity contribution in [3.63, 3.8) is 0 Å². The third kappa shape index (κ3) is 3.40. The van der Waals surface area contributed by atoms with Gasteiger partial charge in [0.05, 0.1) is 11.6 Å². The van der Waals surface area contributed by atoms with E-state index < -0.39 is 0 Å². The van der Waals surface area contributed by atoms with Crippen LogP contribution in [0.1, 0.15) is 63.5 Å². The first-order valence-corrected chi connectivity index (χ1v) is 7.60. The minimum atomic E-state index is 0.0740. The second-order valence-electron chi connectivity index (χ2n) is 5.61. The summed E-state index contributed by atoms with van der Waals surface area (Å²) in [4.78, 5) is 0. The first kappa shape index (κ1) is 14.6. The maximum Gasteiger partial charge on any atom is 0.121 e. The van der Waals surface area contributed by atoms with E-state index in [1.54, 1.807) is 0 Å². The van der Waals surface area contributed by atoms with Crippen LogP contribution in [0.4, 0.5) is 0 Å². The van der Waals surface area contributed by atoms with Gasteiger partial charge in [0.1, 0.15) is 11.5 Å². The summed E-state index contributed by atoms with van der Waals surface area (Å²) in [5, 5.41) is 3.61. The Kier molecular flexibility index (Phi) is 5.06. The van der Waals surface area contributed by atoms with Crippen LogP contribution >= 0.6 is 0 Å². The van der Waals surface area contributed by atoms with E-state index in [-0.39, 0.29) is 11.6 Å². The van der Waals surface area contributed by atoms with E-state index in [2.05, 4.69) is 31.3 Å². The van der Waals surface area contributed by atoms with Gasteiger partial charge in [0, 0.05) is 13.5 Å². The quantitative estimate of drug-likeness (QED) is 0.775. The number of hydrogen-bond donors (Lipinski definition) is 1. The van der Waals surface area contributed by atoms with Gasteiger partial charge in [-0.05, 0) is 50.8 Å². The average molecular weight is 265 g/mol. The molecule has 1 fully saturated rings. The first-order chi connectivity index (χ1) is 9.23. The molecule has 0 bridgehead atoms. The number of nitrogens with one attached hydrogen (secondary N) is 1. The zero-order valence-corrected chi connectivity index (χ0v) is 12.5. The Morgan fingerprint density at radius 3 is 2.63 bits per heavy atom. The van der Waals surface area contributed by atoms with Gasteiger partial charge in [0.15, 0.2) is 0 Å². The molecule has 1 saturated carbocycles. The SMILES string of the molecule is CCCNC(CC1(OC)CCC1)c1ccc(CC)o1. The first-order valence-electron chi connectivity index (χ1n) is 7.60. The molecule has 1 N–H and O–H groups in total. The minimum Gasteiger partial charge on any atom is -0.464 e.